The summed E-state index contributed by atoms with van der Waals surface area (Å²) in [4.78, 5) is 11.3. The van der Waals surface area contributed by atoms with Gasteiger partial charge in [0.1, 0.15) is 0 Å². The van der Waals surface area contributed by atoms with Gasteiger partial charge in [0.2, 0.25) is 5.91 Å². The zero-order chi connectivity index (χ0) is 13.2. The highest BCUT2D eigenvalue weighted by Gasteiger charge is 2.53. The minimum Gasteiger partial charge on any atom is -0.354 e. The van der Waals surface area contributed by atoms with Crippen LogP contribution >= 0.6 is 0 Å². The van der Waals surface area contributed by atoms with Gasteiger partial charge in [-0.25, -0.2) is 0 Å². The van der Waals surface area contributed by atoms with Gasteiger partial charge < -0.3 is 11.1 Å². The molecule has 0 radical (unpaired) electrons. The summed E-state index contributed by atoms with van der Waals surface area (Å²) in [6, 6.07) is 0. The van der Waals surface area contributed by atoms with E-state index in [1.807, 2.05) is 20.8 Å². The summed E-state index contributed by atoms with van der Waals surface area (Å²) in [7, 11) is 0. The largest absolute Gasteiger partial charge is 0.415 e. The zero-order valence-electron chi connectivity index (χ0n) is 10.0. The van der Waals surface area contributed by atoms with Crippen LogP contribution in [0.2, 0.25) is 0 Å². The summed E-state index contributed by atoms with van der Waals surface area (Å²) in [5.74, 6) is -1.19. The quantitative estimate of drug-likeness (QED) is 0.787. The second-order valence-corrected chi connectivity index (χ2v) is 4.90. The number of hydrogen-bond donors (Lipinski definition) is 2. The summed E-state index contributed by atoms with van der Waals surface area (Å²) >= 11 is 0. The molecule has 0 aromatic carbocycles. The molecule has 1 amide bonds. The van der Waals surface area contributed by atoms with Gasteiger partial charge in [-0.3, -0.25) is 4.79 Å². The SMILES string of the molecule is CCC(C)(C)CNC(=O)C(C)(N)C(F)(F)F. The van der Waals surface area contributed by atoms with Crippen LogP contribution in [-0.4, -0.2) is 24.2 Å². The van der Waals surface area contributed by atoms with Crippen molar-refractivity contribution in [2.24, 2.45) is 11.1 Å². The summed E-state index contributed by atoms with van der Waals surface area (Å²) in [5, 5.41) is 2.24. The van der Waals surface area contributed by atoms with Crippen molar-refractivity contribution in [1.82, 2.24) is 5.32 Å². The Labute approximate surface area is 93.6 Å². The van der Waals surface area contributed by atoms with Crippen LogP contribution in [0, 0.1) is 5.41 Å². The van der Waals surface area contributed by atoms with Crippen molar-refractivity contribution in [2.75, 3.05) is 6.54 Å². The Hall–Kier alpha value is -0.780. The molecule has 0 aliphatic heterocycles. The normalized spacial score (nSPS) is 16.8. The van der Waals surface area contributed by atoms with Crippen LogP contribution in [0.1, 0.15) is 34.1 Å². The number of rotatable bonds is 4. The molecule has 0 rings (SSSR count). The smallest absolute Gasteiger partial charge is 0.354 e. The predicted octanol–water partition coefficient (Wildman–Crippen LogP) is 1.82. The first-order valence-corrected chi connectivity index (χ1v) is 5.08. The second kappa shape index (κ2) is 4.61. The number of nitrogens with one attached hydrogen (secondary N) is 1. The third-order valence-electron chi connectivity index (χ3n) is 2.75. The van der Waals surface area contributed by atoms with E-state index in [4.69, 9.17) is 5.73 Å². The van der Waals surface area contributed by atoms with E-state index in [-0.39, 0.29) is 12.0 Å². The first-order chi connectivity index (χ1) is 6.94. The molecule has 6 heteroatoms. The van der Waals surface area contributed by atoms with Crippen LogP contribution in [-0.2, 0) is 4.79 Å². The van der Waals surface area contributed by atoms with Crippen LogP contribution in [0.4, 0.5) is 13.2 Å². The van der Waals surface area contributed by atoms with Crippen molar-refractivity contribution in [3.8, 4) is 0 Å². The lowest BCUT2D eigenvalue weighted by Crippen LogP contribution is -2.62. The molecule has 0 fully saturated rings. The molecule has 3 N–H and O–H groups in total. The number of nitrogens with two attached hydrogens (primary N) is 1. The van der Waals surface area contributed by atoms with E-state index in [0.29, 0.717) is 6.92 Å². The van der Waals surface area contributed by atoms with Gasteiger partial charge in [0.05, 0.1) is 0 Å². The third-order valence-corrected chi connectivity index (χ3v) is 2.75. The molecule has 96 valence electrons. The highest BCUT2D eigenvalue weighted by molar-refractivity contribution is 5.86. The Morgan fingerprint density at radius 1 is 1.25 bits per heavy atom. The molecular formula is C10H19F3N2O. The van der Waals surface area contributed by atoms with Gasteiger partial charge in [-0.05, 0) is 18.8 Å². The number of halogens is 3. The summed E-state index contributed by atoms with van der Waals surface area (Å²) < 4.78 is 37.2. The standard InChI is InChI=1S/C10H19F3N2O/c1-5-8(2,3)6-15-7(16)9(4,14)10(11,12)13/h5-6,14H2,1-4H3,(H,15,16). The minimum absolute atomic E-state index is 0.172. The molecule has 0 heterocycles. The molecule has 3 nitrogen and oxygen atoms in total. The molecule has 0 spiro atoms. The minimum atomic E-state index is -4.74. The van der Waals surface area contributed by atoms with E-state index in [1.54, 1.807) is 0 Å². The molecule has 0 aromatic rings. The molecular weight excluding hydrogens is 221 g/mol. The van der Waals surface area contributed by atoms with Crippen molar-refractivity contribution >= 4 is 5.91 Å². The lowest BCUT2D eigenvalue weighted by Gasteiger charge is -2.29. The second-order valence-electron chi connectivity index (χ2n) is 4.90. The van der Waals surface area contributed by atoms with Crippen molar-refractivity contribution in [3.05, 3.63) is 0 Å². The van der Waals surface area contributed by atoms with Crippen LogP contribution in [0.5, 0.6) is 0 Å². The van der Waals surface area contributed by atoms with Gasteiger partial charge in [-0.15, -0.1) is 0 Å². The lowest BCUT2D eigenvalue weighted by atomic mass is 9.90. The highest BCUT2D eigenvalue weighted by atomic mass is 19.4. The van der Waals surface area contributed by atoms with Crippen LogP contribution in [0.25, 0.3) is 0 Å². The fourth-order valence-corrected chi connectivity index (χ4v) is 0.757. The van der Waals surface area contributed by atoms with Crippen LogP contribution in [0.3, 0.4) is 0 Å². The van der Waals surface area contributed by atoms with Crippen LogP contribution in [0.15, 0.2) is 0 Å². The van der Waals surface area contributed by atoms with E-state index >= 15 is 0 Å². The third kappa shape index (κ3) is 3.66. The molecule has 0 saturated heterocycles. The molecule has 0 aliphatic rings. The molecule has 1 unspecified atom stereocenters. The summed E-state index contributed by atoms with van der Waals surface area (Å²) in [5.41, 5.74) is 1.90. The van der Waals surface area contributed by atoms with Gasteiger partial charge in [-0.2, -0.15) is 13.2 Å². The first-order valence-electron chi connectivity index (χ1n) is 5.08. The topological polar surface area (TPSA) is 55.1 Å². The number of hydrogen-bond acceptors (Lipinski definition) is 2. The Morgan fingerprint density at radius 3 is 2.00 bits per heavy atom. The first kappa shape index (κ1) is 15.2. The van der Waals surface area contributed by atoms with E-state index in [9.17, 15) is 18.0 Å². The van der Waals surface area contributed by atoms with E-state index < -0.39 is 17.6 Å². The monoisotopic (exact) mass is 240 g/mol. The van der Waals surface area contributed by atoms with Crippen molar-refractivity contribution in [1.29, 1.82) is 0 Å². The van der Waals surface area contributed by atoms with Crippen molar-refractivity contribution in [2.45, 2.75) is 45.8 Å². The van der Waals surface area contributed by atoms with Crippen molar-refractivity contribution in [3.63, 3.8) is 0 Å². The summed E-state index contributed by atoms with van der Waals surface area (Å²) in [6.07, 6.45) is -3.99. The predicted molar refractivity (Wildman–Crippen MR) is 55.7 cm³/mol. The van der Waals surface area contributed by atoms with Crippen molar-refractivity contribution < 1.29 is 18.0 Å². The molecule has 0 bridgehead atoms. The van der Waals surface area contributed by atoms with Gasteiger partial charge in [-0.1, -0.05) is 20.8 Å². The van der Waals surface area contributed by atoms with Gasteiger partial charge in [0, 0.05) is 6.54 Å². The molecule has 16 heavy (non-hydrogen) atoms. The molecule has 1 atom stereocenters. The fourth-order valence-electron chi connectivity index (χ4n) is 0.757. The Morgan fingerprint density at radius 2 is 1.69 bits per heavy atom. The summed E-state index contributed by atoms with van der Waals surface area (Å²) in [6.45, 7) is 6.45. The number of alkyl halides is 3. The number of amides is 1. The molecule has 0 aliphatic carbocycles. The maximum Gasteiger partial charge on any atom is 0.415 e. The highest BCUT2D eigenvalue weighted by Crippen LogP contribution is 2.28. The Kier molecular flexibility index (Phi) is 4.38. The average molecular weight is 240 g/mol. The van der Waals surface area contributed by atoms with Gasteiger partial charge >= 0.3 is 6.18 Å². The fraction of sp³-hybridized carbons (Fsp3) is 0.900. The Bertz CT molecular complexity index is 259. The van der Waals surface area contributed by atoms with Gasteiger partial charge in [0.25, 0.3) is 0 Å². The number of carbonyl (C=O) groups excluding carboxylic acids is 1. The van der Waals surface area contributed by atoms with E-state index in [0.717, 1.165) is 6.42 Å². The lowest BCUT2D eigenvalue weighted by molar-refractivity contribution is -0.187. The maximum absolute atomic E-state index is 12.4. The average Bonchev–Trinajstić information content (AvgIpc) is 2.12. The molecule has 0 saturated carbocycles. The zero-order valence-corrected chi connectivity index (χ0v) is 10.0. The number of carbonyl (C=O) groups is 1. The van der Waals surface area contributed by atoms with E-state index in [2.05, 4.69) is 5.32 Å². The van der Waals surface area contributed by atoms with Gasteiger partial charge in [0.15, 0.2) is 5.54 Å². The van der Waals surface area contributed by atoms with E-state index in [1.165, 1.54) is 0 Å². The van der Waals surface area contributed by atoms with Crippen LogP contribution < -0.4 is 11.1 Å². The maximum atomic E-state index is 12.4. The molecule has 0 aromatic heterocycles. The Balaban J connectivity index is 4.50.